The van der Waals surface area contributed by atoms with Crippen LogP contribution < -0.4 is 5.32 Å². The minimum Gasteiger partial charge on any atom is -0.311 e. The molecule has 1 aromatic heterocycles. The summed E-state index contributed by atoms with van der Waals surface area (Å²) < 4.78 is 1.59. The summed E-state index contributed by atoms with van der Waals surface area (Å²) in [6.07, 6.45) is 1.82. The number of halogens is 3. The molecule has 0 fully saturated rings. The molecule has 4 nitrogen and oxygen atoms in total. The van der Waals surface area contributed by atoms with Crippen molar-refractivity contribution in [2.45, 2.75) is 20.4 Å². The minimum absolute atomic E-state index is 0.416. The van der Waals surface area contributed by atoms with Crippen LogP contribution in [0.5, 0.6) is 0 Å². The Labute approximate surface area is 133 Å². The van der Waals surface area contributed by atoms with Crippen molar-refractivity contribution in [3.05, 3.63) is 39.1 Å². The summed E-state index contributed by atoms with van der Waals surface area (Å²) in [6, 6.07) is 3.27. The Morgan fingerprint density at radius 1 is 1.15 bits per heavy atom. The van der Waals surface area contributed by atoms with Gasteiger partial charge in [-0.05, 0) is 24.6 Å². The van der Waals surface area contributed by atoms with E-state index in [4.69, 9.17) is 34.8 Å². The van der Waals surface area contributed by atoms with Crippen LogP contribution in [-0.4, -0.2) is 21.5 Å². The van der Waals surface area contributed by atoms with Gasteiger partial charge in [-0.1, -0.05) is 53.9 Å². The van der Waals surface area contributed by atoms with Gasteiger partial charge in [-0.2, -0.15) is 0 Å². The van der Waals surface area contributed by atoms with Crippen LogP contribution in [0.15, 0.2) is 18.3 Å². The Kier molecular flexibility index (Phi) is 5.27. The molecule has 2 rings (SSSR count). The summed E-state index contributed by atoms with van der Waals surface area (Å²) in [6.45, 7) is 5.90. The quantitative estimate of drug-likeness (QED) is 0.842. The Bertz CT molecular complexity index is 595. The SMILES string of the molecule is CC(C)CNCc1cn(-c2cc(Cl)c(Cl)cc2Cl)nn1. The maximum Gasteiger partial charge on any atom is 0.0969 e. The van der Waals surface area contributed by atoms with E-state index in [1.165, 1.54) is 0 Å². The van der Waals surface area contributed by atoms with Gasteiger partial charge in [0.1, 0.15) is 0 Å². The van der Waals surface area contributed by atoms with E-state index in [1.807, 2.05) is 6.20 Å². The normalized spacial score (nSPS) is 11.3. The van der Waals surface area contributed by atoms with E-state index in [1.54, 1.807) is 16.8 Å². The molecule has 0 aliphatic rings. The minimum atomic E-state index is 0.416. The van der Waals surface area contributed by atoms with Crippen LogP contribution in [0.25, 0.3) is 5.69 Å². The van der Waals surface area contributed by atoms with Gasteiger partial charge in [0.2, 0.25) is 0 Å². The van der Waals surface area contributed by atoms with Crippen molar-refractivity contribution in [2.75, 3.05) is 6.54 Å². The Morgan fingerprint density at radius 2 is 1.85 bits per heavy atom. The lowest BCUT2D eigenvalue weighted by molar-refractivity contribution is 0.548. The highest BCUT2D eigenvalue weighted by molar-refractivity contribution is 6.43. The molecular weight excluding hydrogens is 319 g/mol. The van der Waals surface area contributed by atoms with Gasteiger partial charge in [0.05, 0.1) is 32.6 Å². The molecule has 0 atom stereocenters. The Balaban J connectivity index is 2.14. The van der Waals surface area contributed by atoms with E-state index in [2.05, 4.69) is 29.5 Å². The van der Waals surface area contributed by atoms with Crippen molar-refractivity contribution >= 4 is 34.8 Å². The van der Waals surface area contributed by atoms with Crippen molar-refractivity contribution in [1.82, 2.24) is 20.3 Å². The van der Waals surface area contributed by atoms with Crippen LogP contribution in [0.3, 0.4) is 0 Å². The molecule has 1 N–H and O–H groups in total. The van der Waals surface area contributed by atoms with Crippen molar-refractivity contribution in [1.29, 1.82) is 0 Å². The highest BCUT2D eigenvalue weighted by Gasteiger charge is 2.10. The first kappa shape index (κ1) is 15.6. The lowest BCUT2D eigenvalue weighted by Gasteiger charge is -2.05. The molecule has 0 spiro atoms. The molecule has 1 heterocycles. The van der Waals surface area contributed by atoms with Crippen molar-refractivity contribution in [3.63, 3.8) is 0 Å². The molecule has 108 valence electrons. The number of nitrogens with one attached hydrogen (secondary N) is 1. The number of hydrogen-bond acceptors (Lipinski definition) is 3. The zero-order valence-electron chi connectivity index (χ0n) is 11.2. The lowest BCUT2D eigenvalue weighted by atomic mass is 10.2. The number of hydrogen-bond donors (Lipinski definition) is 1. The van der Waals surface area contributed by atoms with E-state index in [9.17, 15) is 0 Å². The summed E-state index contributed by atoms with van der Waals surface area (Å²) in [5.41, 5.74) is 1.50. The van der Waals surface area contributed by atoms with Crippen LogP contribution in [0, 0.1) is 5.92 Å². The molecule has 0 radical (unpaired) electrons. The fraction of sp³-hybridized carbons (Fsp3) is 0.385. The van der Waals surface area contributed by atoms with Gasteiger partial charge >= 0.3 is 0 Å². The molecule has 0 saturated heterocycles. The number of aromatic nitrogens is 3. The second kappa shape index (κ2) is 6.76. The maximum atomic E-state index is 6.14. The van der Waals surface area contributed by atoms with Gasteiger partial charge in [0.25, 0.3) is 0 Å². The molecule has 0 saturated carbocycles. The van der Waals surface area contributed by atoms with Crippen molar-refractivity contribution in [2.24, 2.45) is 5.92 Å². The number of nitrogens with zero attached hydrogens (tertiary/aromatic N) is 3. The van der Waals surface area contributed by atoms with E-state index in [0.29, 0.717) is 33.2 Å². The third-order valence-corrected chi connectivity index (χ3v) is 3.66. The highest BCUT2D eigenvalue weighted by Crippen LogP contribution is 2.30. The maximum absolute atomic E-state index is 6.14. The predicted molar refractivity (Wildman–Crippen MR) is 82.9 cm³/mol. The fourth-order valence-electron chi connectivity index (χ4n) is 1.67. The van der Waals surface area contributed by atoms with E-state index in [-0.39, 0.29) is 0 Å². The van der Waals surface area contributed by atoms with Gasteiger partial charge in [-0.15, -0.1) is 5.10 Å². The van der Waals surface area contributed by atoms with Crippen LogP contribution >= 0.6 is 34.8 Å². The zero-order valence-corrected chi connectivity index (χ0v) is 13.5. The number of benzene rings is 1. The number of rotatable bonds is 5. The molecule has 2 aromatic rings. The van der Waals surface area contributed by atoms with Gasteiger partial charge in [0.15, 0.2) is 0 Å². The molecule has 0 bridgehead atoms. The third-order valence-electron chi connectivity index (χ3n) is 2.64. The molecule has 0 aliphatic carbocycles. The molecule has 7 heteroatoms. The molecular formula is C13H15Cl3N4. The van der Waals surface area contributed by atoms with E-state index < -0.39 is 0 Å². The second-order valence-electron chi connectivity index (χ2n) is 4.90. The Hall–Kier alpha value is -0.810. The summed E-state index contributed by atoms with van der Waals surface area (Å²) in [4.78, 5) is 0. The molecule has 1 aromatic carbocycles. The van der Waals surface area contributed by atoms with Gasteiger partial charge < -0.3 is 5.32 Å². The summed E-state index contributed by atoms with van der Waals surface area (Å²) in [7, 11) is 0. The van der Waals surface area contributed by atoms with Crippen LogP contribution in [0.1, 0.15) is 19.5 Å². The topological polar surface area (TPSA) is 42.7 Å². The first-order valence-electron chi connectivity index (χ1n) is 6.24. The van der Waals surface area contributed by atoms with Gasteiger partial charge in [0, 0.05) is 6.54 Å². The zero-order chi connectivity index (χ0) is 14.7. The molecule has 0 unspecified atom stereocenters. The van der Waals surface area contributed by atoms with Crippen LogP contribution in [-0.2, 0) is 6.54 Å². The molecule has 20 heavy (non-hydrogen) atoms. The van der Waals surface area contributed by atoms with Crippen LogP contribution in [0.4, 0.5) is 0 Å². The van der Waals surface area contributed by atoms with Crippen molar-refractivity contribution in [3.8, 4) is 5.69 Å². The average Bonchev–Trinajstić information content (AvgIpc) is 2.82. The van der Waals surface area contributed by atoms with E-state index in [0.717, 1.165) is 12.2 Å². The van der Waals surface area contributed by atoms with Gasteiger partial charge in [-0.3, -0.25) is 0 Å². The monoisotopic (exact) mass is 332 g/mol. The summed E-state index contributed by atoms with van der Waals surface area (Å²) in [5, 5.41) is 12.8. The van der Waals surface area contributed by atoms with Gasteiger partial charge in [-0.25, -0.2) is 4.68 Å². The third kappa shape index (κ3) is 3.85. The first-order chi connectivity index (χ1) is 9.47. The fourth-order valence-corrected chi connectivity index (χ4v) is 2.30. The molecule has 0 amide bonds. The van der Waals surface area contributed by atoms with E-state index >= 15 is 0 Å². The molecule has 0 aliphatic heterocycles. The van der Waals surface area contributed by atoms with Crippen LogP contribution in [0.2, 0.25) is 15.1 Å². The van der Waals surface area contributed by atoms with Crippen molar-refractivity contribution < 1.29 is 0 Å². The second-order valence-corrected chi connectivity index (χ2v) is 6.12. The summed E-state index contributed by atoms with van der Waals surface area (Å²) in [5.74, 6) is 0.592. The highest BCUT2D eigenvalue weighted by atomic mass is 35.5. The average molecular weight is 334 g/mol. The first-order valence-corrected chi connectivity index (χ1v) is 7.37. The predicted octanol–water partition coefficient (Wildman–Crippen LogP) is 3.97. The largest absolute Gasteiger partial charge is 0.311 e. The lowest BCUT2D eigenvalue weighted by Crippen LogP contribution is -2.19. The summed E-state index contributed by atoms with van der Waals surface area (Å²) >= 11 is 18.0. The standard InChI is InChI=1S/C13H15Cl3N4/c1-8(2)5-17-6-9-7-20(19-18-9)13-4-11(15)10(14)3-12(13)16/h3-4,7-8,17H,5-6H2,1-2H3. The smallest absolute Gasteiger partial charge is 0.0969 e. The Morgan fingerprint density at radius 3 is 2.55 bits per heavy atom.